The highest BCUT2D eigenvalue weighted by molar-refractivity contribution is 7.18. The van der Waals surface area contributed by atoms with E-state index in [-0.39, 0.29) is 12.2 Å². The van der Waals surface area contributed by atoms with E-state index in [9.17, 15) is 4.79 Å². The summed E-state index contributed by atoms with van der Waals surface area (Å²) in [4.78, 5) is 17.3. The van der Waals surface area contributed by atoms with Gasteiger partial charge in [0.25, 0.3) is 0 Å². The molecule has 1 N–H and O–H groups in total. The van der Waals surface area contributed by atoms with Crippen LogP contribution in [0.15, 0.2) is 24.3 Å². The van der Waals surface area contributed by atoms with Crippen molar-refractivity contribution in [2.45, 2.75) is 19.1 Å². The zero-order valence-corrected chi connectivity index (χ0v) is 12.0. The molecule has 20 heavy (non-hydrogen) atoms. The van der Waals surface area contributed by atoms with Crippen LogP contribution in [0, 0.1) is 0 Å². The van der Waals surface area contributed by atoms with Crippen LogP contribution in [0.3, 0.4) is 0 Å². The van der Waals surface area contributed by atoms with E-state index in [0.29, 0.717) is 0 Å². The van der Waals surface area contributed by atoms with Gasteiger partial charge in [-0.05, 0) is 19.1 Å². The molecule has 2 heterocycles. The molecule has 0 atom stereocenters. The van der Waals surface area contributed by atoms with Gasteiger partial charge in [0.05, 0.1) is 22.4 Å². The van der Waals surface area contributed by atoms with Crippen molar-refractivity contribution >= 4 is 27.5 Å². The summed E-state index contributed by atoms with van der Waals surface area (Å²) in [6, 6.07) is 8.11. The van der Waals surface area contributed by atoms with Crippen LogP contribution in [-0.2, 0) is 16.1 Å². The first-order valence-corrected chi connectivity index (χ1v) is 7.28. The number of para-hydroxylation sites is 1. The van der Waals surface area contributed by atoms with E-state index in [1.807, 2.05) is 25.1 Å². The third-order valence-corrected chi connectivity index (χ3v) is 4.38. The van der Waals surface area contributed by atoms with E-state index in [1.165, 1.54) is 4.70 Å². The van der Waals surface area contributed by atoms with Gasteiger partial charge < -0.3 is 9.84 Å². The maximum atomic E-state index is 10.5. The number of aliphatic carboxylic acids is 1. The molecule has 6 heteroatoms. The minimum absolute atomic E-state index is 0.231. The van der Waals surface area contributed by atoms with Gasteiger partial charge in [0.1, 0.15) is 11.6 Å². The molecule has 1 fully saturated rings. The molecule has 106 valence electrons. The molecule has 1 aliphatic rings. The minimum atomic E-state index is -0.921. The smallest absolute Gasteiger partial charge is 0.329 e. The summed E-state index contributed by atoms with van der Waals surface area (Å²) in [6.07, 6.45) is 0. The Kier molecular flexibility index (Phi) is 3.45. The van der Waals surface area contributed by atoms with Gasteiger partial charge in [0.15, 0.2) is 0 Å². The molecule has 0 radical (unpaired) electrons. The van der Waals surface area contributed by atoms with Gasteiger partial charge >= 0.3 is 5.97 Å². The zero-order chi connectivity index (χ0) is 14.2. The van der Waals surface area contributed by atoms with Crippen molar-refractivity contribution in [3.05, 3.63) is 29.3 Å². The van der Waals surface area contributed by atoms with Crippen LogP contribution in [0.2, 0.25) is 0 Å². The van der Waals surface area contributed by atoms with Crippen LogP contribution < -0.4 is 0 Å². The summed E-state index contributed by atoms with van der Waals surface area (Å²) in [5.74, 6) is -0.921. The van der Waals surface area contributed by atoms with E-state index >= 15 is 0 Å². The molecule has 5 nitrogen and oxygen atoms in total. The molecule has 1 aromatic heterocycles. The fourth-order valence-corrected chi connectivity index (χ4v) is 3.53. The third kappa shape index (κ3) is 2.82. The molecule has 1 aromatic carbocycles. The highest BCUT2D eigenvalue weighted by atomic mass is 32.1. The maximum Gasteiger partial charge on any atom is 0.329 e. The van der Waals surface area contributed by atoms with E-state index in [2.05, 4.69) is 16.0 Å². The molecule has 0 bridgehead atoms. The largest absolute Gasteiger partial charge is 0.480 e. The number of carbonyl (C=O) groups is 1. The van der Waals surface area contributed by atoms with Gasteiger partial charge in [-0.1, -0.05) is 12.1 Å². The van der Waals surface area contributed by atoms with E-state index in [0.717, 1.165) is 30.2 Å². The lowest BCUT2D eigenvalue weighted by atomic mass is 9.96. The number of ether oxygens (including phenoxy) is 1. The van der Waals surface area contributed by atoms with Crippen LogP contribution in [0.5, 0.6) is 0 Å². The monoisotopic (exact) mass is 292 g/mol. The number of likely N-dealkylation sites (tertiary alicyclic amines) is 1. The van der Waals surface area contributed by atoms with Crippen molar-refractivity contribution in [1.82, 2.24) is 9.88 Å². The van der Waals surface area contributed by atoms with Gasteiger partial charge in [0, 0.05) is 13.1 Å². The van der Waals surface area contributed by atoms with Crippen molar-refractivity contribution in [2.75, 3.05) is 19.7 Å². The fraction of sp³-hybridized carbons (Fsp3) is 0.429. The van der Waals surface area contributed by atoms with Crippen LogP contribution >= 0.6 is 11.3 Å². The first-order valence-electron chi connectivity index (χ1n) is 6.47. The summed E-state index contributed by atoms with van der Waals surface area (Å²) in [7, 11) is 0. The zero-order valence-electron chi connectivity index (χ0n) is 11.2. The first kappa shape index (κ1) is 13.5. The normalized spacial score (nSPS) is 18.1. The maximum absolute atomic E-state index is 10.5. The van der Waals surface area contributed by atoms with Crippen molar-refractivity contribution in [3.8, 4) is 0 Å². The van der Waals surface area contributed by atoms with Crippen molar-refractivity contribution in [3.63, 3.8) is 0 Å². The molecule has 0 aliphatic carbocycles. The highest BCUT2D eigenvalue weighted by Crippen LogP contribution is 2.29. The number of hydrogen-bond acceptors (Lipinski definition) is 5. The standard InChI is InChI=1S/C14H16N2O3S/c1-14(19-7-13(17)18)8-16(9-14)6-12-15-10-4-2-3-5-11(10)20-12/h2-5H,6-9H2,1H3,(H,17,18). The number of hydrogen-bond donors (Lipinski definition) is 1. The highest BCUT2D eigenvalue weighted by Gasteiger charge is 2.40. The Balaban J connectivity index is 1.57. The van der Waals surface area contributed by atoms with Gasteiger partial charge in [0.2, 0.25) is 0 Å². The second-order valence-electron chi connectivity index (χ2n) is 5.35. The number of aromatic nitrogens is 1. The third-order valence-electron chi connectivity index (χ3n) is 3.36. The van der Waals surface area contributed by atoms with Gasteiger partial charge in [-0.2, -0.15) is 0 Å². The SMILES string of the molecule is CC1(OCC(=O)O)CN(Cc2nc3ccccc3s2)C1. The number of rotatable bonds is 5. The number of fused-ring (bicyclic) bond motifs is 1. The number of carboxylic acids is 1. The Hall–Kier alpha value is -1.50. The fourth-order valence-electron chi connectivity index (χ4n) is 2.52. The van der Waals surface area contributed by atoms with Crippen molar-refractivity contribution in [1.29, 1.82) is 0 Å². The van der Waals surface area contributed by atoms with Crippen LogP contribution in [0.1, 0.15) is 11.9 Å². The average Bonchev–Trinajstić information content (AvgIpc) is 2.76. The minimum Gasteiger partial charge on any atom is -0.480 e. The van der Waals surface area contributed by atoms with Gasteiger partial charge in [-0.15, -0.1) is 11.3 Å². The molecular formula is C14H16N2O3S. The Bertz CT molecular complexity index is 601. The molecular weight excluding hydrogens is 276 g/mol. The van der Waals surface area contributed by atoms with Crippen molar-refractivity contribution in [2.24, 2.45) is 0 Å². The topological polar surface area (TPSA) is 62.7 Å². The predicted octanol–water partition coefficient (Wildman–Crippen LogP) is 1.97. The Morgan fingerprint density at radius 2 is 2.25 bits per heavy atom. The van der Waals surface area contributed by atoms with E-state index < -0.39 is 5.97 Å². The molecule has 2 aromatic rings. The van der Waals surface area contributed by atoms with Crippen LogP contribution in [0.25, 0.3) is 10.2 Å². The number of nitrogens with zero attached hydrogens (tertiary/aromatic N) is 2. The average molecular weight is 292 g/mol. The van der Waals surface area contributed by atoms with Gasteiger partial charge in [-0.25, -0.2) is 9.78 Å². The van der Waals surface area contributed by atoms with Gasteiger partial charge in [-0.3, -0.25) is 4.90 Å². The Morgan fingerprint density at radius 3 is 2.95 bits per heavy atom. The number of benzene rings is 1. The summed E-state index contributed by atoms with van der Waals surface area (Å²) in [6.45, 7) is 4.01. The molecule has 0 spiro atoms. The summed E-state index contributed by atoms with van der Waals surface area (Å²) in [5.41, 5.74) is 0.702. The van der Waals surface area contributed by atoms with Crippen molar-refractivity contribution < 1.29 is 14.6 Å². The lowest BCUT2D eigenvalue weighted by Gasteiger charge is -2.47. The Labute approximate surface area is 120 Å². The first-order chi connectivity index (χ1) is 9.54. The summed E-state index contributed by atoms with van der Waals surface area (Å²) in [5, 5.41) is 9.72. The second kappa shape index (κ2) is 5.12. The predicted molar refractivity (Wildman–Crippen MR) is 76.9 cm³/mol. The second-order valence-corrected chi connectivity index (χ2v) is 6.47. The van der Waals surface area contributed by atoms with Crippen LogP contribution in [-0.4, -0.2) is 46.3 Å². The summed E-state index contributed by atoms with van der Waals surface area (Å²) >= 11 is 1.71. The molecule has 1 saturated heterocycles. The molecule has 0 saturated carbocycles. The lowest BCUT2D eigenvalue weighted by Crippen LogP contribution is -2.61. The molecule has 0 unspecified atom stereocenters. The number of carboxylic acid groups (broad SMARTS) is 1. The Morgan fingerprint density at radius 1 is 1.50 bits per heavy atom. The van der Waals surface area contributed by atoms with E-state index in [4.69, 9.17) is 9.84 Å². The van der Waals surface area contributed by atoms with Crippen LogP contribution in [0.4, 0.5) is 0 Å². The number of thiazole rings is 1. The lowest BCUT2D eigenvalue weighted by molar-refractivity contribution is -0.165. The quantitative estimate of drug-likeness (QED) is 0.913. The molecule has 1 aliphatic heterocycles. The molecule has 3 rings (SSSR count). The molecule has 0 amide bonds. The van der Waals surface area contributed by atoms with E-state index in [1.54, 1.807) is 11.3 Å². The summed E-state index contributed by atoms with van der Waals surface area (Å²) < 4.78 is 6.60.